The molecule has 0 bridgehead atoms. The summed E-state index contributed by atoms with van der Waals surface area (Å²) in [6.45, 7) is 6.93. The number of ether oxygens (including phenoxy) is 1. The van der Waals surface area contributed by atoms with E-state index >= 15 is 0 Å². The van der Waals surface area contributed by atoms with Gasteiger partial charge in [0, 0.05) is 18.7 Å². The molecule has 7 heteroatoms. The molecule has 0 aliphatic carbocycles. The van der Waals surface area contributed by atoms with Crippen LogP contribution < -0.4 is 10.1 Å². The number of nitrogens with zero attached hydrogens (tertiary/aromatic N) is 1. The van der Waals surface area contributed by atoms with Crippen LogP contribution in [-0.2, 0) is 15.0 Å². The minimum Gasteiger partial charge on any atom is -0.497 e. The van der Waals surface area contributed by atoms with Gasteiger partial charge >= 0.3 is 0 Å². The SMILES string of the molecule is COc1ccc(NC(=O)CCCN2C(=O)/C(=C/c3ccc(C(C)(C)C)cc3)SC2=S)cc1. The smallest absolute Gasteiger partial charge is 0.266 e. The Morgan fingerprint density at radius 2 is 1.78 bits per heavy atom. The van der Waals surface area contributed by atoms with Crippen LogP contribution in [0, 0.1) is 0 Å². The van der Waals surface area contributed by atoms with Crippen molar-refractivity contribution in [3.05, 3.63) is 64.6 Å². The standard InChI is InChI=1S/C25H28N2O3S2/c1-25(2,3)18-9-7-17(8-10-18)16-21-23(29)27(24(31)32-21)15-5-6-22(28)26-19-11-13-20(30-4)14-12-19/h7-14,16H,5-6,15H2,1-4H3,(H,26,28)/b21-16-. The third-order valence-corrected chi connectivity index (χ3v) is 6.49. The Bertz CT molecular complexity index is 1020. The van der Waals surface area contributed by atoms with Crippen LogP contribution in [0.4, 0.5) is 5.69 Å². The first-order valence-corrected chi connectivity index (χ1v) is 11.7. The molecule has 0 atom stereocenters. The van der Waals surface area contributed by atoms with Gasteiger partial charge in [-0.3, -0.25) is 14.5 Å². The Balaban J connectivity index is 1.53. The molecule has 1 fully saturated rings. The lowest BCUT2D eigenvalue weighted by Crippen LogP contribution is -2.29. The summed E-state index contributed by atoms with van der Waals surface area (Å²) in [6, 6.07) is 15.4. The van der Waals surface area contributed by atoms with Gasteiger partial charge < -0.3 is 10.1 Å². The highest BCUT2D eigenvalue weighted by Crippen LogP contribution is 2.33. The molecule has 168 valence electrons. The quantitative estimate of drug-likeness (QED) is 0.423. The molecule has 0 saturated carbocycles. The second-order valence-corrected chi connectivity index (χ2v) is 10.3. The van der Waals surface area contributed by atoms with E-state index in [4.69, 9.17) is 17.0 Å². The van der Waals surface area contributed by atoms with E-state index in [9.17, 15) is 9.59 Å². The average molecular weight is 469 g/mol. The molecule has 1 N–H and O–H groups in total. The number of carbonyl (C=O) groups excluding carboxylic acids is 2. The van der Waals surface area contributed by atoms with E-state index < -0.39 is 0 Å². The maximum absolute atomic E-state index is 12.8. The van der Waals surface area contributed by atoms with Crippen LogP contribution in [0.3, 0.4) is 0 Å². The molecule has 5 nitrogen and oxygen atoms in total. The second kappa shape index (κ2) is 10.3. The molecule has 1 aliphatic heterocycles. The van der Waals surface area contributed by atoms with Crippen LogP contribution >= 0.6 is 24.0 Å². The highest BCUT2D eigenvalue weighted by atomic mass is 32.2. The summed E-state index contributed by atoms with van der Waals surface area (Å²) in [5.41, 5.74) is 3.01. The van der Waals surface area contributed by atoms with Crippen LogP contribution in [0.2, 0.25) is 0 Å². The molecule has 2 aromatic carbocycles. The van der Waals surface area contributed by atoms with Gasteiger partial charge in [0.1, 0.15) is 10.1 Å². The van der Waals surface area contributed by atoms with E-state index in [0.717, 1.165) is 11.3 Å². The Kier molecular flexibility index (Phi) is 7.74. The van der Waals surface area contributed by atoms with Gasteiger partial charge in [0.05, 0.1) is 12.0 Å². The van der Waals surface area contributed by atoms with Crippen molar-refractivity contribution >= 4 is 51.9 Å². The molecule has 0 spiro atoms. The van der Waals surface area contributed by atoms with Crippen molar-refractivity contribution in [2.24, 2.45) is 0 Å². The van der Waals surface area contributed by atoms with Gasteiger partial charge in [-0.15, -0.1) is 0 Å². The number of anilines is 1. The van der Waals surface area contributed by atoms with Gasteiger partial charge in [0.15, 0.2) is 0 Å². The molecule has 0 aromatic heterocycles. The fourth-order valence-electron chi connectivity index (χ4n) is 3.22. The molecular weight excluding hydrogens is 440 g/mol. The highest BCUT2D eigenvalue weighted by molar-refractivity contribution is 8.26. The van der Waals surface area contributed by atoms with Crippen molar-refractivity contribution in [2.45, 2.75) is 39.0 Å². The Labute approximate surface area is 199 Å². The Morgan fingerprint density at radius 3 is 2.38 bits per heavy atom. The lowest BCUT2D eigenvalue weighted by atomic mass is 9.87. The van der Waals surface area contributed by atoms with Gasteiger partial charge in [-0.25, -0.2) is 0 Å². The molecular formula is C25H28N2O3S2. The van der Waals surface area contributed by atoms with Crippen LogP contribution in [0.15, 0.2) is 53.4 Å². The summed E-state index contributed by atoms with van der Waals surface area (Å²) in [6.07, 6.45) is 2.71. The van der Waals surface area contributed by atoms with Crippen LogP contribution in [0.5, 0.6) is 5.75 Å². The first-order valence-electron chi connectivity index (χ1n) is 10.5. The van der Waals surface area contributed by atoms with Crippen molar-refractivity contribution < 1.29 is 14.3 Å². The number of benzene rings is 2. The number of thioether (sulfide) groups is 1. The topological polar surface area (TPSA) is 58.6 Å². The normalized spacial score (nSPS) is 15.4. The fourth-order valence-corrected chi connectivity index (χ4v) is 4.53. The largest absolute Gasteiger partial charge is 0.497 e. The third-order valence-electron chi connectivity index (χ3n) is 5.11. The number of nitrogens with one attached hydrogen (secondary N) is 1. The van der Waals surface area contributed by atoms with Crippen molar-refractivity contribution in [1.82, 2.24) is 4.90 Å². The molecule has 0 radical (unpaired) electrons. The van der Waals surface area contributed by atoms with Crippen LogP contribution in [0.25, 0.3) is 6.08 Å². The highest BCUT2D eigenvalue weighted by Gasteiger charge is 2.31. The molecule has 3 rings (SSSR count). The summed E-state index contributed by atoms with van der Waals surface area (Å²) in [5, 5.41) is 2.85. The zero-order valence-electron chi connectivity index (χ0n) is 18.8. The lowest BCUT2D eigenvalue weighted by Gasteiger charge is -2.18. The van der Waals surface area contributed by atoms with Crippen molar-refractivity contribution in [1.29, 1.82) is 0 Å². The first kappa shape index (κ1) is 24.0. The zero-order valence-corrected chi connectivity index (χ0v) is 20.4. The molecule has 1 heterocycles. The average Bonchev–Trinajstić information content (AvgIpc) is 3.01. The number of carbonyl (C=O) groups is 2. The summed E-state index contributed by atoms with van der Waals surface area (Å²) >= 11 is 6.71. The minimum atomic E-state index is -0.102. The summed E-state index contributed by atoms with van der Waals surface area (Å²) in [7, 11) is 1.60. The van der Waals surface area contributed by atoms with Gasteiger partial charge in [0.2, 0.25) is 5.91 Å². The van der Waals surface area contributed by atoms with Crippen LogP contribution in [0.1, 0.15) is 44.7 Å². The number of methoxy groups -OCH3 is 1. The van der Waals surface area contributed by atoms with Gasteiger partial charge in [-0.05, 0) is 53.3 Å². The predicted molar refractivity (Wildman–Crippen MR) is 136 cm³/mol. The molecule has 0 unspecified atom stereocenters. The van der Waals surface area contributed by atoms with Gasteiger partial charge in [-0.2, -0.15) is 0 Å². The van der Waals surface area contributed by atoms with Crippen LogP contribution in [-0.4, -0.2) is 34.7 Å². The number of thiocarbonyl (C=S) groups is 1. The lowest BCUT2D eigenvalue weighted by molar-refractivity contribution is -0.122. The number of rotatable bonds is 7. The molecule has 1 saturated heterocycles. The maximum atomic E-state index is 12.8. The van der Waals surface area contributed by atoms with E-state index in [-0.39, 0.29) is 17.2 Å². The Hall–Kier alpha value is -2.64. The van der Waals surface area contributed by atoms with Gasteiger partial charge in [-0.1, -0.05) is 69.0 Å². The second-order valence-electron chi connectivity index (χ2n) is 8.59. The summed E-state index contributed by atoms with van der Waals surface area (Å²) in [5.74, 6) is 0.529. The molecule has 1 aliphatic rings. The predicted octanol–water partition coefficient (Wildman–Crippen LogP) is 5.61. The maximum Gasteiger partial charge on any atom is 0.266 e. The van der Waals surface area contributed by atoms with E-state index in [1.54, 1.807) is 36.3 Å². The number of amides is 2. The third kappa shape index (κ3) is 6.20. The Morgan fingerprint density at radius 1 is 1.12 bits per heavy atom. The van der Waals surface area contributed by atoms with Crippen molar-refractivity contribution in [3.63, 3.8) is 0 Å². The summed E-state index contributed by atoms with van der Waals surface area (Å²) in [4.78, 5) is 27.2. The van der Waals surface area contributed by atoms with E-state index in [1.165, 1.54) is 17.3 Å². The van der Waals surface area contributed by atoms with Crippen molar-refractivity contribution in [2.75, 3.05) is 19.0 Å². The fraction of sp³-hybridized carbons (Fsp3) is 0.320. The van der Waals surface area contributed by atoms with Crippen molar-refractivity contribution in [3.8, 4) is 5.75 Å². The monoisotopic (exact) mass is 468 g/mol. The zero-order chi connectivity index (χ0) is 23.3. The number of hydrogen-bond acceptors (Lipinski definition) is 5. The molecule has 32 heavy (non-hydrogen) atoms. The summed E-state index contributed by atoms with van der Waals surface area (Å²) < 4.78 is 5.64. The van der Waals surface area contributed by atoms with E-state index in [2.05, 4.69) is 38.2 Å². The van der Waals surface area contributed by atoms with E-state index in [0.29, 0.717) is 34.3 Å². The minimum absolute atomic E-state index is 0.0850. The van der Waals surface area contributed by atoms with Gasteiger partial charge in [0.25, 0.3) is 5.91 Å². The first-order chi connectivity index (χ1) is 15.2. The van der Waals surface area contributed by atoms with E-state index in [1.807, 2.05) is 18.2 Å². The molecule has 2 amide bonds. The molecule has 2 aromatic rings. The number of hydrogen-bond donors (Lipinski definition) is 1.